The lowest BCUT2D eigenvalue weighted by Crippen LogP contribution is -2.29. The third-order valence-corrected chi connectivity index (χ3v) is 4.38. The van der Waals surface area contributed by atoms with E-state index in [1.54, 1.807) is 0 Å². The molecular weight excluding hydrogens is 340 g/mol. The molecule has 5 nitrogen and oxygen atoms in total. The second kappa shape index (κ2) is 8.40. The second-order valence-electron chi connectivity index (χ2n) is 6.95. The molecule has 0 bridgehead atoms. The fraction of sp³-hybridized carbons (Fsp3) is 0.474. The van der Waals surface area contributed by atoms with Gasteiger partial charge < -0.3 is 10.4 Å². The van der Waals surface area contributed by atoms with Gasteiger partial charge in [-0.05, 0) is 38.3 Å². The molecule has 1 aromatic heterocycles. The molecule has 1 unspecified atom stereocenters. The molecule has 0 saturated heterocycles. The van der Waals surface area contributed by atoms with E-state index in [0.717, 1.165) is 23.0 Å². The summed E-state index contributed by atoms with van der Waals surface area (Å²) in [4.78, 5) is 11.3. The summed E-state index contributed by atoms with van der Waals surface area (Å²) in [6, 6.07) is 3.37. The second-order valence-corrected chi connectivity index (χ2v) is 6.95. The minimum Gasteiger partial charge on any atom is -0.481 e. The van der Waals surface area contributed by atoms with Gasteiger partial charge in [-0.3, -0.25) is 4.79 Å². The standard InChI is InChI=1S/C19H25F2N3O2/c1-11(2)7-14(19(25)26)9-22-10-16-12(3)23-24(13(16)4)18-6-5-15(20)8-17(18)21/h5-6,8,11,14,22H,7,9-10H2,1-4H3,(H,25,26). The van der Waals surface area contributed by atoms with Crippen LogP contribution in [-0.4, -0.2) is 27.4 Å². The Hall–Kier alpha value is -2.28. The van der Waals surface area contributed by atoms with Crippen LogP contribution < -0.4 is 5.32 Å². The first-order chi connectivity index (χ1) is 12.2. The van der Waals surface area contributed by atoms with Crippen LogP contribution in [0.2, 0.25) is 0 Å². The van der Waals surface area contributed by atoms with Crippen LogP contribution in [0.15, 0.2) is 18.2 Å². The molecule has 142 valence electrons. The molecule has 0 aliphatic carbocycles. The maximum Gasteiger partial charge on any atom is 0.307 e. The number of nitrogens with zero attached hydrogens (tertiary/aromatic N) is 2. The summed E-state index contributed by atoms with van der Waals surface area (Å²) in [5.41, 5.74) is 2.51. The van der Waals surface area contributed by atoms with E-state index in [0.29, 0.717) is 25.4 Å². The maximum atomic E-state index is 14.0. The molecule has 0 fully saturated rings. The third kappa shape index (κ3) is 4.66. The number of rotatable bonds is 8. The Morgan fingerprint density at radius 1 is 1.31 bits per heavy atom. The van der Waals surface area contributed by atoms with E-state index in [2.05, 4.69) is 10.4 Å². The van der Waals surface area contributed by atoms with Crippen molar-refractivity contribution in [2.24, 2.45) is 11.8 Å². The summed E-state index contributed by atoms with van der Waals surface area (Å²) in [6.07, 6.45) is 0.598. The highest BCUT2D eigenvalue weighted by atomic mass is 19.1. The van der Waals surface area contributed by atoms with Crippen molar-refractivity contribution >= 4 is 5.97 Å². The Bertz CT molecular complexity index is 787. The summed E-state index contributed by atoms with van der Waals surface area (Å²) in [7, 11) is 0. The van der Waals surface area contributed by atoms with Crippen LogP contribution in [0.25, 0.3) is 5.69 Å². The van der Waals surface area contributed by atoms with Crippen LogP contribution in [0.3, 0.4) is 0 Å². The Morgan fingerprint density at radius 3 is 2.58 bits per heavy atom. The molecular formula is C19H25F2N3O2. The Labute approximate surface area is 152 Å². The predicted molar refractivity (Wildman–Crippen MR) is 95.2 cm³/mol. The Balaban J connectivity index is 2.14. The van der Waals surface area contributed by atoms with E-state index >= 15 is 0 Å². The molecule has 26 heavy (non-hydrogen) atoms. The average Bonchev–Trinajstić information content (AvgIpc) is 2.81. The number of hydrogen-bond donors (Lipinski definition) is 2. The van der Waals surface area contributed by atoms with E-state index < -0.39 is 23.5 Å². The van der Waals surface area contributed by atoms with Crippen molar-refractivity contribution in [1.82, 2.24) is 15.1 Å². The normalized spacial score (nSPS) is 12.6. The van der Waals surface area contributed by atoms with Gasteiger partial charge in [-0.2, -0.15) is 5.10 Å². The maximum absolute atomic E-state index is 14.0. The van der Waals surface area contributed by atoms with Gasteiger partial charge in [-0.1, -0.05) is 13.8 Å². The third-order valence-electron chi connectivity index (χ3n) is 4.38. The molecule has 7 heteroatoms. The van der Waals surface area contributed by atoms with Crippen molar-refractivity contribution in [2.75, 3.05) is 6.54 Å². The van der Waals surface area contributed by atoms with E-state index in [9.17, 15) is 18.7 Å². The zero-order chi connectivity index (χ0) is 19.4. The van der Waals surface area contributed by atoms with Gasteiger partial charge in [0.05, 0.1) is 11.6 Å². The minimum absolute atomic E-state index is 0.182. The van der Waals surface area contributed by atoms with Crippen LogP contribution in [0.4, 0.5) is 8.78 Å². The highest BCUT2D eigenvalue weighted by Gasteiger charge is 2.20. The van der Waals surface area contributed by atoms with Gasteiger partial charge in [0, 0.05) is 30.4 Å². The fourth-order valence-electron chi connectivity index (χ4n) is 3.03. The largest absolute Gasteiger partial charge is 0.481 e. The summed E-state index contributed by atoms with van der Waals surface area (Å²) in [6.45, 7) is 8.38. The van der Waals surface area contributed by atoms with E-state index in [-0.39, 0.29) is 5.69 Å². The monoisotopic (exact) mass is 365 g/mol. The molecule has 2 aromatic rings. The number of aromatic nitrogens is 2. The number of benzene rings is 1. The first-order valence-corrected chi connectivity index (χ1v) is 8.64. The van der Waals surface area contributed by atoms with Gasteiger partial charge in [0.2, 0.25) is 0 Å². The Kier molecular flexibility index (Phi) is 6.47. The molecule has 1 aromatic carbocycles. The number of carboxylic acid groups (broad SMARTS) is 1. The van der Waals surface area contributed by atoms with Crippen molar-refractivity contribution in [2.45, 2.75) is 40.7 Å². The highest BCUT2D eigenvalue weighted by molar-refractivity contribution is 5.70. The number of aryl methyl sites for hydroxylation is 1. The number of carbonyl (C=O) groups is 1. The summed E-state index contributed by atoms with van der Waals surface area (Å²) in [5.74, 6) is -2.30. The van der Waals surface area contributed by atoms with Gasteiger partial charge in [0.15, 0.2) is 5.82 Å². The SMILES string of the molecule is Cc1nn(-c2ccc(F)cc2F)c(C)c1CNCC(CC(C)C)C(=O)O. The van der Waals surface area contributed by atoms with E-state index in [4.69, 9.17) is 0 Å². The molecule has 0 saturated carbocycles. The predicted octanol–water partition coefficient (Wildman–Crippen LogP) is 3.60. The smallest absolute Gasteiger partial charge is 0.307 e. The zero-order valence-electron chi connectivity index (χ0n) is 15.5. The molecule has 1 heterocycles. The zero-order valence-corrected chi connectivity index (χ0v) is 15.5. The summed E-state index contributed by atoms with van der Waals surface area (Å²) >= 11 is 0. The van der Waals surface area contributed by atoms with Crippen molar-refractivity contribution < 1.29 is 18.7 Å². The van der Waals surface area contributed by atoms with Crippen molar-refractivity contribution in [3.05, 3.63) is 46.8 Å². The molecule has 2 rings (SSSR count). The molecule has 0 aliphatic rings. The molecule has 0 aliphatic heterocycles. The number of carboxylic acids is 1. The number of nitrogens with one attached hydrogen (secondary N) is 1. The molecule has 2 N–H and O–H groups in total. The average molecular weight is 365 g/mol. The topological polar surface area (TPSA) is 67.2 Å². The van der Waals surface area contributed by atoms with Gasteiger partial charge in [-0.15, -0.1) is 0 Å². The van der Waals surface area contributed by atoms with Crippen LogP contribution >= 0.6 is 0 Å². The van der Waals surface area contributed by atoms with Crippen LogP contribution in [0, 0.1) is 37.3 Å². The van der Waals surface area contributed by atoms with Gasteiger partial charge >= 0.3 is 5.97 Å². The van der Waals surface area contributed by atoms with Crippen LogP contribution in [-0.2, 0) is 11.3 Å². The van der Waals surface area contributed by atoms with Gasteiger partial charge in [0.25, 0.3) is 0 Å². The first-order valence-electron chi connectivity index (χ1n) is 8.64. The number of aliphatic carboxylic acids is 1. The molecule has 0 radical (unpaired) electrons. The van der Waals surface area contributed by atoms with Gasteiger partial charge in [0.1, 0.15) is 11.5 Å². The minimum atomic E-state index is -0.816. The molecule has 0 amide bonds. The van der Waals surface area contributed by atoms with E-state index in [1.807, 2.05) is 27.7 Å². The number of hydrogen-bond acceptors (Lipinski definition) is 3. The summed E-state index contributed by atoms with van der Waals surface area (Å²) in [5, 5.41) is 16.8. The number of halogens is 2. The van der Waals surface area contributed by atoms with E-state index in [1.165, 1.54) is 16.8 Å². The van der Waals surface area contributed by atoms with Crippen molar-refractivity contribution in [3.63, 3.8) is 0 Å². The molecule has 1 atom stereocenters. The van der Waals surface area contributed by atoms with Crippen LogP contribution in [0.5, 0.6) is 0 Å². The van der Waals surface area contributed by atoms with Gasteiger partial charge in [-0.25, -0.2) is 13.5 Å². The first kappa shape index (κ1) is 20.0. The summed E-state index contributed by atoms with van der Waals surface area (Å²) < 4.78 is 28.6. The molecule has 0 spiro atoms. The fourth-order valence-corrected chi connectivity index (χ4v) is 3.03. The Morgan fingerprint density at radius 2 is 2.00 bits per heavy atom. The van der Waals surface area contributed by atoms with Crippen molar-refractivity contribution in [1.29, 1.82) is 0 Å². The lowest BCUT2D eigenvalue weighted by atomic mass is 9.97. The quantitative estimate of drug-likeness (QED) is 0.750. The lowest BCUT2D eigenvalue weighted by molar-refractivity contribution is -0.142. The lowest BCUT2D eigenvalue weighted by Gasteiger charge is -2.15. The highest BCUT2D eigenvalue weighted by Crippen LogP contribution is 2.21. The van der Waals surface area contributed by atoms with Crippen LogP contribution in [0.1, 0.15) is 37.2 Å². The van der Waals surface area contributed by atoms with Crippen molar-refractivity contribution in [3.8, 4) is 5.69 Å².